The predicted molar refractivity (Wildman–Crippen MR) is 85.0 cm³/mol. The fraction of sp³-hybridized carbons (Fsp3) is 0.333. The molecule has 102 valence electrons. The molecule has 4 heteroatoms. The molecule has 1 aromatic heterocycles. The lowest BCUT2D eigenvalue weighted by atomic mass is 10.1. The van der Waals surface area contributed by atoms with Gasteiger partial charge in [-0.2, -0.15) is 0 Å². The number of hydrogen-bond donors (Lipinski definition) is 1. The summed E-state index contributed by atoms with van der Waals surface area (Å²) in [7, 11) is 1.96. The van der Waals surface area contributed by atoms with Gasteiger partial charge in [-0.05, 0) is 60.6 Å². The first-order chi connectivity index (χ1) is 9.10. The Kier molecular flexibility index (Phi) is 5.02. The van der Waals surface area contributed by atoms with Crippen LogP contribution in [-0.4, -0.2) is 7.05 Å². The van der Waals surface area contributed by atoms with E-state index in [1.54, 1.807) is 11.3 Å². The standard InChI is InChI=1S/C15H18BrNOS/c1-10-4-6-13(11(2)17-3)14(8-10)18-9-12-5-7-15(16)19-12/h4-8,11,17H,9H2,1-3H3. The average molecular weight is 340 g/mol. The van der Waals surface area contributed by atoms with Crippen molar-refractivity contribution < 1.29 is 4.74 Å². The number of aryl methyl sites for hydroxylation is 1. The van der Waals surface area contributed by atoms with Crippen LogP contribution in [0.3, 0.4) is 0 Å². The van der Waals surface area contributed by atoms with E-state index in [0.29, 0.717) is 6.61 Å². The molecule has 0 amide bonds. The predicted octanol–water partition coefficient (Wildman–Crippen LogP) is 4.68. The van der Waals surface area contributed by atoms with Gasteiger partial charge in [0.25, 0.3) is 0 Å². The normalized spacial score (nSPS) is 12.4. The number of benzene rings is 1. The molecule has 2 aromatic rings. The Morgan fingerprint density at radius 1 is 1.32 bits per heavy atom. The molecule has 19 heavy (non-hydrogen) atoms. The highest BCUT2D eigenvalue weighted by atomic mass is 79.9. The Hall–Kier alpha value is -0.840. The molecule has 0 aliphatic carbocycles. The van der Waals surface area contributed by atoms with Crippen LogP contribution in [0.15, 0.2) is 34.1 Å². The van der Waals surface area contributed by atoms with Crippen molar-refractivity contribution in [3.05, 3.63) is 50.1 Å². The molecule has 1 N–H and O–H groups in total. The van der Waals surface area contributed by atoms with E-state index in [9.17, 15) is 0 Å². The van der Waals surface area contributed by atoms with Crippen LogP contribution in [0.4, 0.5) is 0 Å². The zero-order valence-electron chi connectivity index (χ0n) is 11.4. The van der Waals surface area contributed by atoms with Crippen LogP contribution in [0.25, 0.3) is 0 Å². The number of hydrogen-bond acceptors (Lipinski definition) is 3. The number of ether oxygens (including phenoxy) is 1. The number of rotatable bonds is 5. The smallest absolute Gasteiger partial charge is 0.124 e. The number of nitrogens with one attached hydrogen (secondary N) is 1. The molecule has 1 heterocycles. The van der Waals surface area contributed by atoms with Gasteiger partial charge in [0, 0.05) is 16.5 Å². The average Bonchev–Trinajstić information content (AvgIpc) is 2.81. The highest BCUT2D eigenvalue weighted by Crippen LogP contribution is 2.28. The summed E-state index contributed by atoms with van der Waals surface area (Å²) < 4.78 is 7.13. The first-order valence-corrected chi connectivity index (χ1v) is 7.86. The maximum Gasteiger partial charge on any atom is 0.124 e. The summed E-state index contributed by atoms with van der Waals surface area (Å²) in [6.45, 7) is 4.84. The van der Waals surface area contributed by atoms with E-state index in [0.717, 1.165) is 9.54 Å². The topological polar surface area (TPSA) is 21.3 Å². The third-order valence-electron chi connectivity index (χ3n) is 3.07. The summed E-state index contributed by atoms with van der Waals surface area (Å²) in [5.41, 5.74) is 2.41. The lowest BCUT2D eigenvalue weighted by Crippen LogP contribution is -2.13. The van der Waals surface area contributed by atoms with E-state index in [4.69, 9.17) is 4.74 Å². The second kappa shape index (κ2) is 6.55. The van der Waals surface area contributed by atoms with Crippen molar-refractivity contribution in [2.75, 3.05) is 7.05 Å². The molecule has 2 rings (SSSR count). The minimum atomic E-state index is 0.283. The highest BCUT2D eigenvalue weighted by Gasteiger charge is 2.10. The third-order valence-corrected chi connectivity index (χ3v) is 4.66. The molecule has 1 unspecified atom stereocenters. The van der Waals surface area contributed by atoms with Crippen LogP contribution < -0.4 is 10.1 Å². The van der Waals surface area contributed by atoms with Crippen LogP contribution in [-0.2, 0) is 6.61 Å². The zero-order valence-corrected chi connectivity index (χ0v) is 13.8. The Morgan fingerprint density at radius 3 is 2.74 bits per heavy atom. The minimum Gasteiger partial charge on any atom is -0.488 e. The van der Waals surface area contributed by atoms with Crippen molar-refractivity contribution in [2.45, 2.75) is 26.5 Å². The fourth-order valence-corrected chi connectivity index (χ4v) is 3.25. The first kappa shape index (κ1) is 14.6. The Labute approximate surface area is 126 Å². The van der Waals surface area contributed by atoms with Crippen LogP contribution in [0.1, 0.15) is 29.0 Å². The van der Waals surface area contributed by atoms with Gasteiger partial charge in [0.05, 0.1) is 3.79 Å². The van der Waals surface area contributed by atoms with Gasteiger partial charge in [-0.15, -0.1) is 11.3 Å². The van der Waals surface area contributed by atoms with Crippen LogP contribution in [0, 0.1) is 6.92 Å². The molecule has 0 fully saturated rings. The summed E-state index contributed by atoms with van der Waals surface area (Å²) in [5.74, 6) is 0.964. The molecular weight excluding hydrogens is 322 g/mol. The van der Waals surface area contributed by atoms with Crippen molar-refractivity contribution in [3.8, 4) is 5.75 Å². The van der Waals surface area contributed by atoms with Gasteiger partial charge in [-0.1, -0.05) is 12.1 Å². The largest absolute Gasteiger partial charge is 0.488 e. The van der Waals surface area contributed by atoms with Crippen molar-refractivity contribution in [3.63, 3.8) is 0 Å². The van der Waals surface area contributed by atoms with Crippen LogP contribution >= 0.6 is 27.3 Å². The van der Waals surface area contributed by atoms with Gasteiger partial charge in [0.1, 0.15) is 12.4 Å². The lowest BCUT2D eigenvalue weighted by Gasteiger charge is -2.17. The van der Waals surface area contributed by atoms with Gasteiger partial charge in [-0.25, -0.2) is 0 Å². The Balaban J connectivity index is 2.16. The monoisotopic (exact) mass is 339 g/mol. The number of halogens is 1. The molecule has 0 aliphatic heterocycles. The van der Waals surface area contributed by atoms with Gasteiger partial charge in [0.15, 0.2) is 0 Å². The fourth-order valence-electron chi connectivity index (χ4n) is 1.86. The first-order valence-electron chi connectivity index (χ1n) is 6.25. The summed E-state index contributed by atoms with van der Waals surface area (Å²) in [6, 6.07) is 10.8. The Morgan fingerprint density at radius 2 is 2.11 bits per heavy atom. The van der Waals surface area contributed by atoms with Crippen LogP contribution in [0.5, 0.6) is 5.75 Å². The van der Waals surface area contributed by atoms with Gasteiger partial charge in [-0.3, -0.25) is 0 Å². The second-order valence-corrected chi connectivity index (χ2v) is 7.09. The zero-order chi connectivity index (χ0) is 13.8. The molecule has 1 aromatic carbocycles. The van der Waals surface area contributed by atoms with Gasteiger partial charge >= 0.3 is 0 Å². The maximum atomic E-state index is 5.99. The maximum absolute atomic E-state index is 5.99. The van der Waals surface area contributed by atoms with Gasteiger partial charge < -0.3 is 10.1 Å². The van der Waals surface area contributed by atoms with Crippen molar-refractivity contribution >= 4 is 27.3 Å². The molecular formula is C15H18BrNOS. The molecule has 0 saturated heterocycles. The quantitative estimate of drug-likeness (QED) is 0.853. The van der Waals surface area contributed by atoms with Crippen molar-refractivity contribution in [2.24, 2.45) is 0 Å². The van der Waals surface area contributed by atoms with E-state index in [-0.39, 0.29) is 6.04 Å². The molecule has 1 atom stereocenters. The molecule has 0 bridgehead atoms. The highest BCUT2D eigenvalue weighted by molar-refractivity contribution is 9.11. The second-order valence-electron chi connectivity index (χ2n) is 4.55. The molecule has 0 radical (unpaired) electrons. The summed E-state index contributed by atoms with van der Waals surface area (Å²) in [5, 5.41) is 3.26. The Bertz CT molecular complexity index is 553. The van der Waals surface area contributed by atoms with E-state index >= 15 is 0 Å². The summed E-state index contributed by atoms with van der Waals surface area (Å²) >= 11 is 5.18. The SMILES string of the molecule is CNC(C)c1ccc(C)cc1OCc1ccc(Br)s1. The van der Waals surface area contributed by atoms with E-state index in [1.165, 1.54) is 16.0 Å². The summed E-state index contributed by atoms with van der Waals surface area (Å²) in [6.07, 6.45) is 0. The van der Waals surface area contributed by atoms with E-state index in [2.05, 4.69) is 65.4 Å². The third kappa shape index (κ3) is 3.81. The molecule has 0 aliphatic rings. The van der Waals surface area contributed by atoms with Crippen molar-refractivity contribution in [1.82, 2.24) is 5.32 Å². The summed E-state index contributed by atoms with van der Waals surface area (Å²) in [4.78, 5) is 1.22. The van der Waals surface area contributed by atoms with Crippen LogP contribution in [0.2, 0.25) is 0 Å². The molecule has 2 nitrogen and oxygen atoms in total. The molecule has 0 spiro atoms. The van der Waals surface area contributed by atoms with Crippen molar-refractivity contribution in [1.29, 1.82) is 0 Å². The number of thiophene rings is 1. The lowest BCUT2D eigenvalue weighted by molar-refractivity contribution is 0.303. The van der Waals surface area contributed by atoms with E-state index < -0.39 is 0 Å². The van der Waals surface area contributed by atoms with E-state index in [1.807, 2.05) is 7.05 Å². The van der Waals surface area contributed by atoms with Gasteiger partial charge in [0.2, 0.25) is 0 Å². The minimum absolute atomic E-state index is 0.283. The molecule has 0 saturated carbocycles.